The second kappa shape index (κ2) is 5.01. The van der Waals surface area contributed by atoms with E-state index in [1.54, 1.807) is 32.0 Å². The SMILES string of the molecule is CC(C)(NS(=O)(=O)c1ccccc1Br)C(N)=S. The Morgan fingerprint density at radius 1 is 1.41 bits per heavy atom. The summed E-state index contributed by atoms with van der Waals surface area (Å²) in [4.78, 5) is 0.248. The van der Waals surface area contributed by atoms with Gasteiger partial charge in [-0.3, -0.25) is 0 Å². The van der Waals surface area contributed by atoms with Gasteiger partial charge in [-0.1, -0.05) is 24.4 Å². The first kappa shape index (κ1) is 14.6. The highest BCUT2D eigenvalue weighted by Crippen LogP contribution is 2.22. The molecule has 4 nitrogen and oxygen atoms in total. The molecular weight excluding hydrogens is 324 g/mol. The van der Waals surface area contributed by atoms with Crippen LogP contribution in [0.4, 0.5) is 0 Å². The molecule has 0 heterocycles. The maximum absolute atomic E-state index is 12.1. The third-order valence-corrected chi connectivity index (χ3v) is 5.31. The molecule has 0 saturated heterocycles. The van der Waals surface area contributed by atoms with Crippen molar-refractivity contribution in [3.8, 4) is 0 Å². The average molecular weight is 337 g/mol. The van der Waals surface area contributed by atoms with Crippen LogP contribution in [-0.4, -0.2) is 18.9 Å². The van der Waals surface area contributed by atoms with E-state index in [9.17, 15) is 8.42 Å². The van der Waals surface area contributed by atoms with E-state index in [4.69, 9.17) is 18.0 Å². The van der Waals surface area contributed by atoms with Crippen LogP contribution in [-0.2, 0) is 10.0 Å². The van der Waals surface area contributed by atoms with Crippen LogP contribution in [0.3, 0.4) is 0 Å². The van der Waals surface area contributed by atoms with Gasteiger partial charge in [0.25, 0.3) is 0 Å². The van der Waals surface area contributed by atoms with Gasteiger partial charge >= 0.3 is 0 Å². The molecule has 1 rings (SSSR count). The molecule has 0 aromatic heterocycles. The van der Waals surface area contributed by atoms with Crippen LogP contribution >= 0.6 is 28.1 Å². The van der Waals surface area contributed by atoms with Crippen LogP contribution in [0.2, 0.25) is 0 Å². The molecule has 0 aliphatic heterocycles. The molecular formula is C10H13BrN2O2S2. The van der Waals surface area contributed by atoms with Crippen molar-refractivity contribution in [3.63, 3.8) is 0 Å². The number of hydrogen-bond donors (Lipinski definition) is 2. The summed E-state index contributed by atoms with van der Waals surface area (Å²) >= 11 is 8.01. The Bertz CT molecular complexity index is 541. The number of nitrogens with two attached hydrogens (primary N) is 1. The van der Waals surface area contributed by atoms with Gasteiger partial charge in [-0.05, 0) is 41.9 Å². The van der Waals surface area contributed by atoms with Crippen molar-refractivity contribution in [3.05, 3.63) is 28.7 Å². The number of thiocarbonyl (C=S) groups is 1. The minimum absolute atomic E-state index is 0.0909. The summed E-state index contributed by atoms with van der Waals surface area (Å²) < 4.78 is 27.2. The smallest absolute Gasteiger partial charge is 0.242 e. The van der Waals surface area contributed by atoms with E-state index in [1.807, 2.05) is 0 Å². The van der Waals surface area contributed by atoms with Gasteiger partial charge in [0.05, 0.1) is 15.4 Å². The van der Waals surface area contributed by atoms with E-state index >= 15 is 0 Å². The van der Waals surface area contributed by atoms with Crippen LogP contribution in [0.1, 0.15) is 13.8 Å². The Hall–Kier alpha value is -0.500. The number of hydrogen-bond acceptors (Lipinski definition) is 3. The largest absolute Gasteiger partial charge is 0.392 e. The Labute approximate surface area is 115 Å². The topological polar surface area (TPSA) is 72.2 Å². The summed E-state index contributed by atoms with van der Waals surface area (Å²) in [5, 5.41) is 0. The summed E-state index contributed by atoms with van der Waals surface area (Å²) in [5.74, 6) is 0. The molecule has 0 aliphatic rings. The van der Waals surface area contributed by atoms with Crippen molar-refractivity contribution in [2.45, 2.75) is 24.3 Å². The average Bonchev–Trinajstić information content (AvgIpc) is 2.16. The monoisotopic (exact) mass is 336 g/mol. The van der Waals surface area contributed by atoms with Crippen molar-refractivity contribution in [1.82, 2.24) is 4.72 Å². The highest BCUT2D eigenvalue weighted by Gasteiger charge is 2.29. The molecule has 0 fully saturated rings. The maximum Gasteiger partial charge on any atom is 0.242 e. The van der Waals surface area contributed by atoms with Crippen LogP contribution in [0.5, 0.6) is 0 Å². The highest BCUT2D eigenvalue weighted by atomic mass is 79.9. The Kier molecular flexibility index (Phi) is 4.29. The molecule has 0 saturated carbocycles. The lowest BCUT2D eigenvalue weighted by molar-refractivity contribution is 0.546. The van der Waals surface area contributed by atoms with Gasteiger partial charge in [-0.25, -0.2) is 8.42 Å². The summed E-state index contributed by atoms with van der Waals surface area (Å²) in [6.07, 6.45) is 0. The molecule has 0 aliphatic carbocycles. The summed E-state index contributed by atoms with van der Waals surface area (Å²) in [6.45, 7) is 3.23. The summed E-state index contributed by atoms with van der Waals surface area (Å²) in [6, 6.07) is 6.54. The molecule has 7 heteroatoms. The van der Waals surface area contributed by atoms with Gasteiger partial charge < -0.3 is 5.73 Å². The van der Waals surface area contributed by atoms with E-state index in [-0.39, 0.29) is 9.88 Å². The lowest BCUT2D eigenvalue weighted by atomic mass is 10.1. The fourth-order valence-electron chi connectivity index (χ4n) is 1.10. The fourth-order valence-corrected chi connectivity index (χ4v) is 3.62. The number of rotatable bonds is 4. The molecule has 94 valence electrons. The quantitative estimate of drug-likeness (QED) is 0.822. The first-order chi connectivity index (χ1) is 7.67. The third kappa shape index (κ3) is 3.48. The molecule has 1 aromatic carbocycles. The predicted octanol–water partition coefficient (Wildman–Crippen LogP) is 1.79. The fraction of sp³-hybridized carbons (Fsp3) is 0.300. The van der Waals surface area contributed by atoms with Crippen molar-refractivity contribution in [2.24, 2.45) is 5.73 Å². The van der Waals surface area contributed by atoms with Crippen molar-refractivity contribution < 1.29 is 8.42 Å². The van der Waals surface area contributed by atoms with Gasteiger partial charge in [0.1, 0.15) is 0 Å². The summed E-state index contributed by atoms with van der Waals surface area (Å²) in [7, 11) is -3.66. The minimum atomic E-state index is -3.66. The van der Waals surface area contributed by atoms with Crippen molar-refractivity contribution in [2.75, 3.05) is 0 Å². The first-order valence-corrected chi connectivity index (χ1v) is 7.44. The second-order valence-corrected chi connectivity index (χ2v) is 6.97. The molecule has 0 bridgehead atoms. The zero-order chi connectivity index (χ0) is 13.3. The molecule has 0 spiro atoms. The van der Waals surface area contributed by atoms with E-state index < -0.39 is 15.6 Å². The lowest BCUT2D eigenvalue weighted by Crippen LogP contribution is -2.52. The first-order valence-electron chi connectivity index (χ1n) is 4.75. The molecule has 1 aromatic rings. The molecule has 0 unspecified atom stereocenters. The molecule has 17 heavy (non-hydrogen) atoms. The van der Waals surface area contributed by atoms with Crippen LogP contribution in [0.25, 0.3) is 0 Å². The Morgan fingerprint density at radius 3 is 2.41 bits per heavy atom. The van der Waals surface area contributed by atoms with Gasteiger partial charge in [-0.15, -0.1) is 0 Å². The molecule has 0 atom stereocenters. The van der Waals surface area contributed by atoms with Gasteiger partial charge in [0.15, 0.2) is 0 Å². The van der Waals surface area contributed by atoms with Gasteiger partial charge in [0.2, 0.25) is 10.0 Å². The third-order valence-electron chi connectivity index (χ3n) is 2.13. The lowest BCUT2D eigenvalue weighted by Gasteiger charge is -2.24. The summed E-state index contributed by atoms with van der Waals surface area (Å²) in [5.41, 5.74) is 4.52. The van der Waals surface area contributed by atoms with E-state index in [2.05, 4.69) is 20.7 Å². The minimum Gasteiger partial charge on any atom is -0.392 e. The Morgan fingerprint density at radius 2 is 1.94 bits per heavy atom. The second-order valence-electron chi connectivity index (χ2n) is 4.03. The van der Waals surface area contributed by atoms with Crippen LogP contribution in [0, 0.1) is 0 Å². The van der Waals surface area contributed by atoms with Crippen LogP contribution < -0.4 is 10.5 Å². The zero-order valence-corrected chi connectivity index (χ0v) is 12.6. The Balaban J connectivity index is 3.15. The number of sulfonamides is 1. The number of halogens is 1. The van der Waals surface area contributed by atoms with Gasteiger partial charge in [-0.2, -0.15) is 4.72 Å². The molecule has 3 N–H and O–H groups in total. The van der Waals surface area contributed by atoms with Crippen molar-refractivity contribution in [1.29, 1.82) is 0 Å². The molecule has 0 amide bonds. The number of nitrogens with one attached hydrogen (secondary N) is 1. The maximum atomic E-state index is 12.1. The van der Waals surface area contributed by atoms with Gasteiger partial charge in [0, 0.05) is 4.47 Å². The van der Waals surface area contributed by atoms with Crippen LogP contribution in [0.15, 0.2) is 33.6 Å². The van der Waals surface area contributed by atoms with E-state index in [1.165, 1.54) is 6.07 Å². The van der Waals surface area contributed by atoms with E-state index in [0.29, 0.717) is 4.47 Å². The van der Waals surface area contributed by atoms with Crippen molar-refractivity contribution >= 4 is 43.2 Å². The zero-order valence-electron chi connectivity index (χ0n) is 9.40. The standard InChI is InChI=1S/C10H13BrN2O2S2/c1-10(2,9(12)16)13-17(14,15)8-6-4-3-5-7(8)11/h3-6,13H,1-2H3,(H2,12,16). The normalized spacial score (nSPS) is 12.4. The highest BCUT2D eigenvalue weighted by molar-refractivity contribution is 9.10. The molecule has 0 radical (unpaired) electrons. The predicted molar refractivity (Wildman–Crippen MR) is 75.3 cm³/mol. The number of benzene rings is 1. The van der Waals surface area contributed by atoms with E-state index in [0.717, 1.165) is 0 Å².